The van der Waals surface area contributed by atoms with Gasteiger partial charge in [0.05, 0.1) is 26.5 Å². The summed E-state index contributed by atoms with van der Waals surface area (Å²) in [6.45, 7) is 1.82. The summed E-state index contributed by atoms with van der Waals surface area (Å²) < 4.78 is 22.1. The number of rotatable bonds is 11. The molecule has 2 aromatic carbocycles. The Morgan fingerprint density at radius 1 is 1.04 bits per heavy atom. The van der Waals surface area contributed by atoms with E-state index in [1.165, 1.54) is 0 Å². The molecule has 0 radical (unpaired) electrons. The molecule has 8 heteroatoms. The second-order valence-electron chi connectivity index (χ2n) is 5.27. The smallest absolute Gasteiger partial charge is 0.184 e. The van der Waals surface area contributed by atoms with Gasteiger partial charge in [0.25, 0.3) is 0 Å². The normalized spacial score (nSPS) is 10.6. The van der Waals surface area contributed by atoms with Crippen LogP contribution in [0.1, 0.15) is 5.56 Å². The molecular formula is C19H23N3O4S. The molecule has 27 heavy (non-hydrogen) atoms. The molecular weight excluding hydrogens is 366 g/mol. The maximum absolute atomic E-state index is 5.70. The number of benzene rings is 2. The summed E-state index contributed by atoms with van der Waals surface area (Å²) in [5.41, 5.74) is 8.62. The molecule has 0 bridgehead atoms. The molecule has 0 saturated heterocycles. The van der Waals surface area contributed by atoms with Crippen molar-refractivity contribution in [3.63, 3.8) is 0 Å². The van der Waals surface area contributed by atoms with Gasteiger partial charge < -0.3 is 24.7 Å². The first-order valence-electron chi connectivity index (χ1n) is 8.34. The predicted octanol–water partition coefficient (Wildman–Crippen LogP) is 2.34. The van der Waals surface area contributed by atoms with Crippen molar-refractivity contribution in [2.24, 2.45) is 10.8 Å². The van der Waals surface area contributed by atoms with Crippen molar-refractivity contribution in [1.82, 2.24) is 5.43 Å². The van der Waals surface area contributed by atoms with E-state index in [9.17, 15) is 0 Å². The third-order valence-electron chi connectivity index (χ3n) is 3.30. The van der Waals surface area contributed by atoms with Crippen LogP contribution in [0, 0.1) is 0 Å². The van der Waals surface area contributed by atoms with Crippen LogP contribution in [0.4, 0.5) is 0 Å². The number of nitrogens with one attached hydrogen (secondary N) is 1. The SMILES string of the molecule is COc1cc(C=NNC(N)=S)ccc1OCCOCCOc1ccccc1. The van der Waals surface area contributed by atoms with E-state index in [0.717, 1.165) is 11.3 Å². The zero-order chi connectivity index (χ0) is 19.3. The predicted molar refractivity (Wildman–Crippen MR) is 109 cm³/mol. The van der Waals surface area contributed by atoms with Crippen LogP contribution in [0.15, 0.2) is 53.6 Å². The molecule has 0 saturated carbocycles. The van der Waals surface area contributed by atoms with Gasteiger partial charge in [0.15, 0.2) is 16.6 Å². The Hall–Kier alpha value is -2.84. The number of hydrogen-bond donors (Lipinski definition) is 2. The highest BCUT2D eigenvalue weighted by Crippen LogP contribution is 2.27. The lowest BCUT2D eigenvalue weighted by atomic mass is 10.2. The lowest BCUT2D eigenvalue weighted by molar-refractivity contribution is 0.0757. The highest BCUT2D eigenvalue weighted by molar-refractivity contribution is 7.80. The highest BCUT2D eigenvalue weighted by Gasteiger charge is 2.05. The van der Waals surface area contributed by atoms with E-state index in [4.69, 9.17) is 24.7 Å². The van der Waals surface area contributed by atoms with E-state index < -0.39 is 0 Å². The number of hydrazone groups is 1. The van der Waals surface area contributed by atoms with E-state index in [1.54, 1.807) is 25.5 Å². The first-order chi connectivity index (χ1) is 13.2. The van der Waals surface area contributed by atoms with Crippen LogP contribution in [0.2, 0.25) is 0 Å². The Morgan fingerprint density at radius 3 is 2.48 bits per heavy atom. The Kier molecular flexibility index (Phi) is 8.88. The first-order valence-corrected chi connectivity index (χ1v) is 8.75. The molecule has 0 aliphatic rings. The summed E-state index contributed by atoms with van der Waals surface area (Å²) in [5, 5.41) is 4.01. The van der Waals surface area contributed by atoms with Gasteiger partial charge in [-0.2, -0.15) is 5.10 Å². The summed E-state index contributed by atoms with van der Waals surface area (Å²) in [4.78, 5) is 0. The summed E-state index contributed by atoms with van der Waals surface area (Å²) in [7, 11) is 1.58. The van der Waals surface area contributed by atoms with Crippen LogP contribution in [0.3, 0.4) is 0 Å². The fraction of sp³-hybridized carbons (Fsp3) is 0.263. The minimum Gasteiger partial charge on any atom is -0.493 e. The van der Waals surface area contributed by atoms with Crippen molar-refractivity contribution >= 4 is 23.5 Å². The van der Waals surface area contributed by atoms with Crippen LogP contribution in [-0.4, -0.2) is 44.9 Å². The fourth-order valence-corrected chi connectivity index (χ4v) is 2.15. The van der Waals surface area contributed by atoms with Gasteiger partial charge in [0.1, 0.15) is 19.0 Å². The number of thiocarbonyl (C=S) groups is 1. The molecule has 0 aliphatic heterocycles. The van der Waals surface area contributed by atoms with Crippen molar-refractivity contribution in [3.05, 3.63) is 54.1 Å². The molecule has 0 heterocycles. The van der Waals surface area contributed by atoms with E-state index in [0.29, 0.717) is 37.9 Å². The van der Waals surface area contributed by atoms with Gasteiger partial charge in [0.2, 0.25) is 0 Å². The summed E-state index contributed by atoms with van der Waals surface area (Å²) in [6.07, 6.45) is 1.58. The van der Waals surface area contributed by atoms with Crippen LogP contribution in [-0.2, 0) is 4.74 Å². The summed E-state index contributed by atoms with van der Waals surface area (Å²) >= 11 is 4.68. The molecule has 3 N–H and O–H groups in total. The zero-order valence-electron chi connectivity index (χ0n) is 15.1. The monoisotopic (exact) mass is 389 g/mol. The minimum absolute atomic E-state index is 0.104. The molecule has 2 aromatic rings. The number of para-hydroxylation sites is 1. The van der Waals surface area contributed by atoms with Crippen LogP contribution >= 0.6 is 12.2 Å². The molecule has 0 aromatic heterocycles. The Morgan fingerprint density at radius 2 is 1.78 bits per heavy atom. The highest BCUT2D eigenvalue weighted by atomic mass is 32.1. The Labute approximate surface area is 164 Å². The summed E-state index contributed by atoms with van der Waals surface area (Å²) in [5.74, 6) is 2.05. The largest absolute Gasteiger partial charge is 0.493 e. The van der Waals surface area contributed by atoms with Crippen molar-refractivity contribution in [2.75, 3.05) is 33.5 Å². The van der Waals surface area contributed by atoms with Gasteiger partial charge in [-0.25, -0.2) is 0 Å². The van der Waals surface area contributed by atoms with E-state index in [1.807, 2.05) is 36.4 Å². The maximum atomic E-state index is 5.70. The molecule has 0 amide bonds. The van der Waals surface area contributed by atoms with Gasteiger partial charge in [-0.3, -0.25) is 5.43 Å². The van der Waals surface area contributed by atoms with E-state index in [-0.39, 0.29) is 5.11 Å². The van der Waals surface area contributed by atoms with Crippen molar-refractivity contribution in [3.8, 4) is 17.2 Å². The lowest BCUT2D eigenvalue weighted by Crippen LogP contribution is -2.23. The number of hydrogen-bond acceptors (Lipinski definition) is 6. The minimum atomic E-state index is 0.104. The average molecular weight is 389 g/mol. The molecule has 0 spiro atoms. The summed E-state index contributed by atoms with van der Waals surface area (Å²) in [6, 6.07) is 15.1. The number of nitrogens with two attached hydrogens (primary N) is 1. The van der Waals surface area contributed by atoms with Crippen molar-refractivity contribution < 1.29 is 18.9 Å². The Bertz CT molecular complexity index is 741. The number of ether oxygens (including phenoxy) is 4. The molecule has 0 unspecified atom stereocenters. The van der Waals surface area contributed by atoms with Crippen LogP contribution < -0.4 is 25.4 Å². The molecule has 0 fully saturated rings. The topological polar surface area (TPSA) is 87.3 Å². The van der Waals surface area contributed by atoms with Crippen molar-refractivity contribution in [2.45, 2.75) is 0 Å². The standard InChI is InChI=1S/C19H23N3O4S/c1-23-18-13-15(14-21-22-19(20)27)7-8-17(18)26-12-10-24-9-11-25-16-5-3-2-4-6-16/h2-8,13-14H,9-12H2,1H3,(H3,20,22,27). The third kappa shape index (κ3) is 7.93. The van der Waals surface area contributed by atoms with E-state index >= 15 is 0 Å². The molecule has 7 nitrogen and oxygen atoms in total. The van der Waals surface area contributed by atoms with Gasteiger partial charge >= 0.3 is 0 Å². The molecule has 2 rings (SSSR count). The van der Waals surface area contributed by atoms with Gasteiger partial charge in [-0.1, -0.05) is 18.2 Å². The van der Waals surface area contributed by atoms with Crippen LogP contribution in [0.25, 0.3) is 0 Å². The quantitative estimate of drug-likeness (QED) is 0.264. The fourth-order valence-electron chi connectivity index (χ4n) is 2.10. The van der Waals surface area contributed by atoms with Gasteiger partial charge in [-0.15, -0.1) is 0 Å². The van der Waals surface area contributed by atoms with E-state index in [2.05, 4.69) is 22.7 Å². The number of nitrogens with zero attached hydrogens (tertiary/aromatic N) is 1. The van der Waals surface area contributed by atoms with Gasteiger partial charge in [0, 0.05) is 0 Å². The molecule has 144 valence electrons. The average Bonchev–Trinajstić information content (AvgIpc) is 2.68. The van der Waals surface area contributed by atoms with Gasteiger partial charge in [-0.05, 0) is 48.1 Å². The zero-order valence-corrected chi connectivity index (χ0v) is 15.9. The lowest BCUT2D eigenvalue weighted by Gasteiger charge is -2.12. The van der Waals surface area contributed by atoms with Crippen LogP contribution in [0.5, 0.6) is 17.2 Å². The van der Waals surface area contributed by atoms with Crippen molar-refractivity contribution in [1.29, 1.82) is 0 Å². The third-order valence-corrected chi connectivity index (χ3v) is 3.39. The maximum Gasteiger partial charge on any atom is 0.184 e. The Balaban J connectivity index is 1.68. The second kappa shape index (κ2) is 11.7. The molecule has 0 aliphatic carbocycles. The molecule has 0 atom stereocenters. The number of methoxy groups -OCH3 is 1. The second-order valence-corrected chi connectivity index (χ2v) is 5.71. The first kappa shape index (κ1) is 20.5.